The van der Waals surface area contributed by atoms with Gasteiger partial charge in [0.15, 0.2) is 11.6 Å². The Morgan fingerprint density at radius 2 is 2.06 bits per heavy atom. The number of nitrogens with zero attached hydrogens (tertiary/aromatic N) is 3. The van der Waals surface area contributed by atoms with E-state index >= 15 is 0 Å². The molecular weight excluding hydrogens is 280 g/mol. The fourth-order valence-corrected chi connectivity index (χ4v) is 1.95. The first kappa shape index (κ1) is 12.1. The van der Waals surface area contributed by atoms with Crippen LogP contribution in [0.3, 0.4) is 0 Å². The highest BCUT2D eigenvalue weighted by molar-refractivity contribution is 9.10. The molecule has 5 heteroatoms. The second-order valence-electron chi connectivity index (χ2n) is 4.31. The first-order chi connectivity index (χ1) is 7.99. The molecule has 0 aliphatic carbocycles. The lowest BCUT2D eigenvalue weighted by Crippen LogP contribution is -1.96. The van der Waals surface area contributed by atoms with Crippen molar-refractivity contribution in [2.75, 3.05) is 5.73 Å². The average molecular weight is 295 g/mol. The topological polar surface area (TPSA) is 56.7 Å². The molecule has 4 nitrogen and oxygen atoms in total. The molecule has 0 atom stereocenters. The van der Waals surface area contributed by atoms with Gasteiger partial charge in [-0.1, -0.05) is 13.8 Å². The van der Waals surface area contributed by atoms with E-state index in [1.54, 1.807) is 4.68 Å². The van der Waals surface area contributed by atoms with E-state index in [9.17, 15) is 0 Å². The van der Waals surface area contributed by atoms with Crippen molar-refractivity contribution in [3.8, 4) is 11.4 Å². The summed E-state index contributed by atoms with van der Waals surface area (Å²) in [5.74, 6) is 2.04. The maximum Gasteiger partial charge on any atom is 0.158 e. The minimum atomic E-state index is 0.326. The lowest BCUT2D eigenvalue weighted by Gasteiger charge is -2.02. The summed E-state index contributed by atoms with van der Waals surface area (Å²) in [6, 6.07) is 5.78. The van der Waals surface area contributed by atoms with Crippen LogP contribution in [0.1, 0.15) is 25.6 Å². The quantitative estimate of drug-likeness (QED) is 0.867. The van der Waals surface area contributed by atoms with Crippen molar-refractivity contribution in [1.82, 2.24) is 14.8 Å². The SMILES string of the molecule is CC(C)c1nc(-c2ccc(N)c(Br)c2)n(C)n1. The first-order valence-corrected chi connectivity index (χ1v) is 6.24. The summed E-state index contributed by atoms with van der Waals surface area (Å²) < 4.78 is 2.68. The number of aryl methyl sites for hydroxylation is 1. The molecule has 0 amide bonds. The predicted octanol–water partition coefficient (Wildman–Crippen LogP) is 2.95. The maximum absolute atomic E-state index is 5.77. The van der Waals surface area contributed by atoms with Crippen LogP contribution in [-0.2, 0) is 7.05 Å². The van der Waals surface area contributed by atoms with E-state index in [1.807, 2.05) is 25.2 Å². The fourth-order valence-electron chi connectivity index (χ4n) is 1.57. The van der Waals surface area contributed by atoms with Crippen LogP contribution >= 0.6 is 15.9 Å². The lowest BCUT2D eigenvalue weighted by molar-refractivity contribution is 0.712. The van der Waals surface area contributed by atoms with E-state index in [0.29, 0.717) is 5.92 Å². The number of aromatic nitrogens is 3. The molecule has 0 unspecified atom stereocenters. The van der Waals surface area contributed by atoms with Crippen molar-refractivity contribution >= 4 is 21.6 Å². The molecule has 0 radical (unpaired) electrons. The van der Waals surface area contributed by atoms with Gasteiger partial charge in [0.25, 0.3) is 0 Å². The highest BCUT2D eigenvalue weighted by atomic mass is 79.9. The van der Waals surface area contributed by atoms with Gasteiger partial charge in [0, 0.05) is 28.7 Å². The monoisotopic (exact) mass is 294 g/mol. The molecule has 2 N–H and O–H groups in total. The van der Waals surface area contributed by atoms with Crippen LogP contribution in [0.25, 0.3) is 11.4 Å². The van der Waals surface area contributed by atoms with Gasteiger partial charge >= 0.3 is 0 Å². The first-order valence-electron chi connectivity index (χ1n) is 5.45. The third kappa shape index (κ3) is 2.34. The van der Waals surface area contributed by atoms with E-state index < -0.39 is 0 Å². The molecule has 0 aliphatic rings. The van der Waals surface area contributed by atoms with Gasteiger partial charge in [-0.15, -0.1) is 0 Å². The molecule has 0 saturated heterocycles. The number of anilines is 1. The fraction of sp³-hybridized carbons (Fsp3) is 0.333. The number of hydrogen-bond donors (Lipinski definition) is 1. The maximum atomic E-state index is 5.77. The summed E-state index contributed by atoms with van der Waals surface area (Å²) in [6.07, 6.45) is 0. The molecule has 2 rings (SSSR count). The third-order valence-corrected chi connectivity index (χ3v) is 3.24. The minimum absolute atomic E-state index is 0.326. The van der Waals surface area contributed by atoms with Gasteiger partial charge in [-0.25, -0.2) is 9.67 Å². The number of nitrogen functional groups attached to an aromatic ring is 1. The Labute approximate surface area is 109 Å². The number of nitrogens with two attached hydrogens (primary N) is 1. The molecule has 1 heterocycles. The van der Waals surface area contributed by atoms with E-state index in [-0.39, 0.29) is 0 Å². The Hall–Kier alpha value is -1.36. The van der Waals surface area contributed by atoms with Crippen molar-refractivity contribution in [3.05, 3.63) is 28.5 Å². The van der Waals surface area contributed by atoms with Gasteiger partial charge < -0.3 is 5.73 Å². The Bertz CT molecular complexity index is 545. The normalized spacial score (nSPS) is 11.1. The van der Waals surface area contributed by atoms with Gasteiger partial charge in [0.1, 0.15) is 0 Å². The zero-order valence-corrected chi connectivity index (χ0v) is 11.7. The molecule has 17 heavy (non-hydrogen) atoms. The molecular formula is C12H15BrN4. The van der Waals surface area contributed by atoms with Crippen molar-refractivity contribution in [1.29, 1.82) is 0 Å². The molecule has 2 aromatic rings. The molecule has 0 bridgehead atoms. The zero-order valence-electron chi connectivity index (χ0n) is 10.1. The molecule has 90 valence electrons. The van der Waals surface area contributed by atoms with Gasteiger partial charge in [-0.2, -0.15) is 5.10 Å². The number of rotatable bonds is 2. The van der Waals surface area contributed by atoms with Crippen LogP contribution in [0.2, 0.25) is 0 Å². The Morgan fingerprint density at radius 3 is 2.59 bits per heavy atom. The van der Waals surface area contributed by atoms with Crippen LogP contribution in [0.15, 0.2) is 22.7 Å². The summed E-state index contributed by atoms with van der Waals surface area (Å²) in [4.78, 5) is 4.54. The lowest BCUT2D eigenvalue weighted by atomic mass is 10.2. The van der Waals surface area contributed by atoms with Crippen molar-refractivity contribution in [3.63, 3.8) is 0 Å². The molecule has 0 spiro atoms. The van der Waals surface area contributed by atoms with Crippen LogP contribution < -0.4 is 5.73 Å². The van der Waals surface area contributed by atoms with Gasteiger partial charge in [0.2, 0.25) is 0 Å². The smallest absolute Gasteiger partial charge is 0.158 e. The summed E-state index contributed by atoms with van der Waals surface area (Å²) in [6.45, 7) is 4.16. The van der Waals surface area contributed by atoms with E-state index in [2.05, 4.69) is 39.9 Å². The molecule has 1 aromatic heterocycles. The standard InChI is InChI=1S/C12H15BrN4/c1-7(2)11-15-12(17(3)16-11)8-4-5-10(14)9(13)6-8/h4-7H,14H2,1-3H3. The van der Waals surface area contributed by atoms with E-state index in [1.165, 1.54) is 0 Å². The minimum Gasteiger partial charge on any atom is -0.398 e. The second kappa shape index (κ2) is 4.49. The summed E-state index contributed by atoms with van der Waals surface area (Å²) in [5.41, 5.74) is 7.50. The van der Waals surface area contributed by atoms with Crippen LogP contribution in [0, 0.1) is 0 Å². The molecule has 0 saturated carbocycles. The Kier molecular flexibility index (Phi) is 3.19. The predicted molar refractivity (Wildman–Crippen MR) is 72.6 cm³/mol. The summed E-state index contributed by atoms with van der Waals surface area (Å²) in [7, 11) is 1.90. The highest BCUT2D eigenvalue weighted by Crippen LogP contribution is 2.26. The summed E-state index contributed by atoms with van der Waals surface area (Å²) >= 11 is 3.42. The molecule has 1 aromatic carbocycles. The Morgan fingerprint density at radius 1 is 1.35 bits per heavy atom. The number of hydrogen-bond acceptors (Lipinski definition) is 3. The van der Waals surface area contributed by atoms with E-state index in [4.69, 9.17) is 5.73 Å². The average Bonchev–Trinajstić information content (AvgIpc) is 2.65. The highest BCUT2D eigenvalue weighted by Gasteiger charge is 2.12. The van der Waals surface area contributed by atoms with Gasteiger partial charge in [-0.3, -0.25) is 0 Å². The molecule has 0 fully saturated rings. The van der Waals surface area contributed by atoms with Gasteiger partial charge in [0.05, 0.1) is 0 Å². The number of halogens is 1. The molecule has 0 aliphatic heterocycles. The van der Waals surface area contributed by atoms with Crippen LogP contribution in [0.4, 0.5) is 5.69 Å². The number of benzene rings is 1. The third-order valence-electron chi connectivity index (χ3n) is 2.55. The van der Waals surface area contributed by atoms with Crippen molar-refractivity contribution in [2.45, 2.75) is 19.8 Å². The Balaban J connectivity index is 2.49. The zero-order chi connectivity index (χ0) is 12.6. The van der Waals surface area contributed by atoms with Crippen LogP contribution in [0.5, 0.6) is 0 Å². The largest absolute Gasteiger partial charge is 0.398 e. The van der Waals surface area contributed by atoms with Crippen LogP contribution in [-0.4, -0.2) is 14.8 Å². The van der Waals surface area contributed by atoms with Gasteiger partial charge in [-0.05, 0) is 34.1 Å². The second-order valence-corrected chi connectivity index (χ2v) is 5.16. The summed E-state index contributed by atoms with van der Waals surface area (Å²) in [5, 5.41) is 4.40. The van der Waals surface area contributed by atoms with Crippen molar-refractivity contribution in [2.24, 2.45) is 7.05 Å². The van der Waals surface area contributed by atoms with Crippen molar-refractivity contribution < 1.29 is 0 Å². The van der Waals surface area contributed by atoms with E-state index in [0.717, 1.165) is 27.4 Å².